The lowest BCUT2D eigenvalue weighted by atomic mass is 10.1. The summed E-state index contributed by atoms with van der Waals surface area (Å²) in [4.78, 5) is 8.18. The first-order valence-electron chi connectivity index (χ1n) is 4.84. The molecule has 4 heteroatoms. The summed E-state index contributed by atoms with van der Waals surface area (Å²) in [5.41, 5.74) is 0. The zero-order valence-electron chi connectivity index (χ0n) is 8.64. The summed E-state index contributed by atoms with van der Waals surface area (Å²) >= 11 is 0. The standard InChI is InChI=1S/C10H17N3O/c1-8(2)9(7-14)13-6-10-11-4-3-5-12-10/h3-5,8-9,13-14H,6-7H2,1-2H3/t9-/m1/s1. The van der Waals surface area contributed by atoms with Crippen molar-refractivity contribution in [3.63, 3.8) is 0 Å². The first-order chi connectivity index (χ1) is 6.74. The van der Waals surface area contributed by atoms with Crippen molar-refractivity contribution < 1.29 is 5.11 Å². The molecule has 0 aliphatic carbocycles. The Morgan fingerprint density at radius 3 is 2.50 bits per heavy atom. The predicted octanol–water partition coefficient (Wildman–Crippen LogP) is 0.583. The Balaban J connectivity index is 2.40. The second kappa shape index (κ2) is 5.67. The first-order valence-corrected chi connectivity index (χ1v) is 4.84. The molecule has 1 aromatic heterocycles. The molecule has 1 aromatic rings. The molecular weight excluding hydrogens is 178 g/mol. The summed E-state index contributed by atoms with van der Waals surface area (Å²) in [7, 11) is 0. The van der Waals surface area contributed by atoms with Gasteiger partial charge in [-0.05, 0) is 12.0 Å². The van der Waals surface area contributed by atoms with E-state index >= 15 is 0 Å². The Morgan fingerprint density at radius 2 is 2.00 bits per heavy atom. The molecule has 1 rings (SSSR count). The maximum atomic E-state index is 9.07. The fourth-order valence-corrected chi connectivity index (χ4v) is 1.15. The van der Waals surface area contributed by atoms with E-state index in [0.29, 0.717) is 12.5 Å². The van der Waals surface area contributed by atoms with Crippen LogP contribution in [0.1, 0.15) is 19.7 Å². The van der Waals surface area contributed by atoms with E-state index in [1.165, 1.54) is 0 Å². The largest absolute Gasteiger partial charge is 0.395 e. The lowest BCUT2D eigenvalue weighted by Gasteiger charge is -2.19. The minimum Gasteiger partial charge on any atom is -0.395 e. The van der Waals surface area contributed by atoms with Crippen LogP contribution in [0, 0.1) is 5.92 Å². The second-order valence-corrected chi connectivity index (χ2v) is 3.58. The van der Waals surface area contributed by atoms with Gasteiger partial charge in [-0.1, -0.05) is 13.8 Å². The van der Waals surface area contributed by atoms with Crippen LogP contribution in [0.5, 0.6) is 0 Å². The summed E-state index contributed by atoms with van der Waals surface area (Å²) in [6, 6.07) is 1.90. The third-order valence-electron chi connectivity index (χ3n) is 2.14. The molecule has 0 bridgehead atoms. The average molecular weight is 195 g/mol. The van der Waals surface area contributed by atoms with Crippen LogP contribution in [0.25, 0.3) is 0 Å². The molecule has 0 aromatic carbocycles. The molecule has 2 N–H and O–H groups in total. The smallest absolute Gasteiger partial charge is 0.141 e. The first kappa shape index (κ1) is 11.1. The van der Waals surface area contributed by atoms with E-state index in [-0.39, 0.29) is 12.6 Å². The third-order valence-corrected chi connectivity index (χ3v) is 2.14. The fourth-order valence-electron chi connectivity index (χ4n) is 1.15. The van der Waals surface area contributed by atoms with Gasteiger partial charge in [-0.25, -0.2) is 9.97 Å². The van der Waals surface area contributed by atoms with Crippen molar-refractivity contribution in [3.05, 3.63) is 24.3 Å². The Bertz CT molecular complexity index is 251. The molecule has 0 spiro atoms. The fraction of sp³-hybridized carbons (Fsp3) is 0.600. The quantitative estimate of drug-likeness (QED) is 0.721. The second-order valence-electron chi connectivity index (χ2n) is 3.58. The highest BCUT2D eigenvalue weighted by atomic mass is 16.3. The topological polar surface area (TPSA) is 58.0 Å². The van der Waals surface area contributed by atoms with Crippen molar-refractivity contribution in [2.75, 3.05) is 6.61 Å². The van der Waals surface area contributed by atoms with Crippen molar-refractivity contribution in [1.29, 1.82) is 0 Å². The Hall–Kier alpha value is -1.00. The van der Waals surface area contributed by atoms with Gasteiger partial charge in [0, 0.05) is 18.4 Å². The van der Waals surface area contributed by atoms with Crippen molar-refractivity contribution in [2.24, 2.45) is 5.92 Å². The number of rotatable bonds is 5. The van der Waals surface area contributed by atoms with Gasteiger partial charge in [0.15, 0.2) is 0 Å². The van der Waals surface area contributed by atoms with Crippen molar-refractivity contribution in [2.45, 2.75) is 26.4 Å². The lowest BCUT2D eigenvalue weighted by molar-refractivity contribution is 0.209. The van der Waals surface area contributed by atoms with Gasteiger partial charge in [0.05, 0.1) is 13.2 Å². The van der Waals surface area contributed by atoms with E-state index < -0.39 is 0 Å². The van der Waals surface area contributed by atoms with Gasteiger partial charge in [0.1, 0.15) is 5.82 Å². The summed E-state index contributed by atoms with van der Waals surface area (Å²) in [6.45, 7) is 4.88. The number of hydrogen-bond donors (Lipinski definition) is 2. The van der Waals surface area contributed by atoms with Gasteiger partial charge in [0.2, 0.25) is 0 Å². The van der Waals surface area contributed by atoms with Gasteiger partial charge in [-0.3, -0.25) is 0 Å². The zero-order chi connectivity index (χ0) is 10.4. The minimum atomic E-state index is 0.110. The highest BCUT2D eigenvalue weighted by molar-refractivity contribution is 4.88. The maximum absolute atomic E-state index is 9.07. The number of aliphatic hydroxyl groups is 1. The van der Waals surface area contributed by atoms with Crippen LogP contribution in [0.3, 0.4) is 0 Å². The van der Waals surface area contributed by atoms with Crippen LogP contribution in [0.4, 0.5) is 0 Å². The molecule has 0 aliphatic heterocycles. The molecule has 4 nitrogen and oxygen atoms in total. The average Bonchev–Trinajstić information content (AvgIpc) is 2.20. The normalized spacial score (nSPS) is 13.1. The van der Waals surface area contributed by atoms with Crippen molar-refractivity contribution in [3.8, 4) is 0 Å². The number of aliphatic hydroxyl groups excluding tert-OH is 1. The van der Waals surface area contributed by atoms with E-state index in [9.17, 15) is 0 Å². The van der Waals surface area contributed by atoms with Crippen LogP contribution in [0.2, 0.25) is 0 Å². The van der Waals surface area contributed by atoms with Gasteiger partial charge in [-0.15, -0.1) is 0 Å². The summed E-state index contributed by atoms with van der Waals surface area (Å²) in [5, 5.41) is 12.3. The van der Waals surface area contributed by atoms with Crippen LogP contribution in [0.15, 0.2) is 18.5 Å². The monoisotopic (exact) mass is 195 g/mol. The Morgan fingerprint density at radius 1 is 1.36 bits per heavy atom. The summed E-state index contributed by atoms with van der Waals surface area (Å²) in [6.07, 6.45) is 3.43. The molecule has 0 fully saturated rings. The molecule has 0 amide bonds. The Labute approximate surface area is 84.4 Å². The molecule has 78 valence electrons. The molecule has 0 aliphatic rings. The lowest BCUT2D eigenvalue weighted by Crippen LogP contribution is -2.36. The van der Waals surface area contributed by atoms with E-state index in [1.54, 1.807) is 18.5 Å². The summed E-state index contributed by atoms with van der Waals surface area (Å²) in [5.74, 6) is 1.16. The van der Waals surface area contributed by atoms with Crippen LogP contribution in [-0.2, 0) is 6.54 Å². The summed E-state index contributed by atoms with van der Waals surface area (Å²) < 4.78 is 0. The SMILES string of the molecule is CC(C)[C@@H](CO)NCc1ncccn1. The zero-order valence-corrected chi connectivity index (χ0v) is 8.64. The van der Waals surface area contributed by atoms with E-state index in [4.69, 9.17) is 5.11 Å². The molecule has 0 saturated heterocycles. The number of hydrogen-bond acceptors (Lipinski definition) is 4. The third kappa shape index (κ3) is 3.40. The van der Waals surface area contributed by atoms with E-state index in [2.05, 4.69) is 29.1 Å². The van der Waals surface area contributed by atoms with Crippen molar-refractivity contribution in [1.82, 2.24) is 15.3 Å². The molecule has 0 saturated carbocycles. The molecule has 14 heavy (non-hydrogen) atoms. The molecule has 0 unspecified atom stereocenters. The molecule has 0 radical (unpaired) electrons. The minimum absolute atomic E-state index is 0.110. The molecular formula is C10H17N3O. The van der Waals surface area contributed by atoms with Gasteiger partial charge in [-0.2, -0.15) is 0 Å². The highest BCUT2D eigenvalue weighted by Gasteiger charge is 2.11. The van der Waals surface area contributed by atoms with Gasteiger partial charge >= 0.3 is 0 Å². The van der Waals surface area contributed by atoms with Gasteiger partial charge in [0.25, 0.3) is 0 Å². The number of aromatic nitrogens is 2. The van der Waals surface area contributed by atoms with Crippen LogP contribution >= 0.6 is 0 Å². The Kier molecular flexibility index (Phi) is 4.49. The van der Waals surface area contributed by atoms with E-state index in [0.717, 1.165) is 5.82 Å². The van der Waals surface area contributed by atoms with Crippen LogP contribution < -0.4 is 5.32 Å². The van der Waals surface area contributed by atoms with E-state index in [1.807, 2.05) is 0 Å². The van der Waals surface area contributed by atoms with Gasteiger partial charge < -0.3 is 10.4 Å². The van der Waals surface area contributed by atoms with Crippen LogP contribution in [-0.4, -0.2) is 27.7 Å². The highest BCUT2D eigenvalue weighted by Crippen LogP contribution is 2.00. The number of nitrogens with zero attached hydrogens (tertiary/aromatic N) is 2. The molecule has 1 atom stereocenters. The maximum Gasteiger partial charge on any atom is 0.141 e. The molecule has 1 heterocycles. The predicted molar refractivity (Wildman–Crippen MR) is 54.6 cm³/mol. The number of nitrogens with one attached hydrogen (secondary N) is 1. The van der Waals surface area contributed by atoms with Crippen molar-refractivity contribution >= 4 is 0 Å².